The summed E-state index contributed by atoms with van der Waals surface area (Å²) in [4.78, 5) is 38.0. The molecule has 0 spiro atoms. The minimum atomic E-state index is -0.687. The molecule has 6 nitrogen and oxygen atoms in total. The molecule has 0 aromatic rings. The highest BCUT2D eigenvalue weighted by molar-refractivity contribution is 5.96. The van der Waals surface area contributed by atoms with Crippen LogP contribution < -0.4 is 0 Å². The molecule has 1 heterocycles. The molecule has 0 aromatic carbocycles. The fourth-order valence-corrected chi connectivity index (χ4v) is 2.65. The average molecular weight is 325 g/mol. The van der Waals surface area contributed by atoms with Gasteiger partial charge in [0.15, 0.2) is 0 Å². The van der Waals surface area contributed by atoms with Gasteiger partial charge >= 0.3 is 12.1 Å². The molecule has 6 heteroatoms. The molecule has 0 bridgehead atoms. The molecular weight excluding hydrogens is 298 g/mol. The fourth-order valence-electron chi connectivity index (χ4n) is 2.65. The lowest BCUT2D eigenvalue weighted by atomic mass is 9.80. The third kappa shape index (κ3) is 5.08. The Bertz CT molecular complexity index is 478. The number of rotatable bonds is 6. The Morgan fingerprint density at radius 3 is 2.39 bits per heavy atom. The summed E-state index contributed by atoms with van der Waals surface area (Å²) < 4.78 is 10.3. The number of amides is 2. The Labute approximate surface area is 137 Å². The standard InChI is InChI=1S/C17H27NO5/c1-7-8-12(14(19)18-9-10-22-16(18)21)13(11(2)3)15(20)23-17(4,5)6/h7,11-13H,1,8-10H2,2-6H3/t12-,13+/m0/s1. The van der Waals surface area contributed by atoms with E-state index in [-0.39, 0.29) is 19.1 Å². The van der Waals surface area contributed by atoms with Gasteiger partial charge in [-0.15, -0.1) is 6.58 Å². The summed E-state index contributed by atoms with van der Waals surface area (Å²) in [6.07, 6.45) is 1.23. The molecule has 2 atom stereocenters. The normalized spacial score (nSPS) is 17.7. The first kappa shape index (κ1) is 19.2. The summed E-state index contributed by atoms with van der Waals surface area (Å²) in [7, 11) is 0. The smallest absolute Gasteiger partial charge is 0.416 e. The van der Waals surface area contributed by atoms with Crippen molar-refractivity contribution < 1.29 is 23.9 Å². The van der Waals surface area contributed by atoms with Gasteiger partial charge in [-0.05, 0) is 33.1 Å². The van der Waals surface area contributed by atoms with Gasteiger partial charge in [0.05, 0.1) is 18.4 Å². The lowest BCUT2D eigenvalue weighted by Gasteiger charge is -2.31. The molecule has 23 heavy (non-hydrogen) atoms. The Morgan fingerprint density at radius 1 is 1.39 bits per heavy atom. The summed E-state index contributed by atoms with van der Waals surface area (Å²) >= 11 is 0. The van der Waals surface area contributed by atoms with Crippen LogP contribution in [0.3, 0.4) is 0 Å². The highest BCUT2D eigenvalue weighted by atomic mass is 16.6. The number of hydrogen-bond donors (Lipinski definition) is 0. The van der Waals surface area contributed by atoms with Crippen LogP contribution in [-0.4, -0.2) is 41.6 Å². The number of nitrogens with zero attached hydrogens (tertiary/aromatic N) is 1. The van der Waals surface area contributed by atoms with E-state index in [2.05, 4.69) is 6.58 Å². The third-order valence-electron chi connectivity index (χ3n) is 3.60. The van der Waals surface area contributed by atoms with Crippen molar-refractivity contribution in [2.45, 2.75) is 46.6 Å². The van der Waals surface area contributed by atoms with Crippen molar-refractivity contribution in [3.05, 3.63) is 12.7 Å². The number of carbonyl (C=O) groups excluding carboxylic acids is 3. The van der Waals surface area contributed by atoms with Crippen molar-refractivity contribution >= 4 is 18.0 Å². The predicted octanol–water partition coefficient (Wildman–Crippen LogP) is 2.77. The minimum Gasteiger partial charge on any atom is -0.460 e. The molecule has 0 N–H and O–H groups in total. The first-order valence-electron chi connectivity index (χ1n) is 7.90. The van der Waals surface area contributed by atoms with Gasteiger partial charge < -0.3 is 9.47 Å². The second-order valence-corrected chi connectivity index (χ2v) is 7.04. The van der Waals surface area contributed by atoms with Crippen LogP contribution in [0.25, 0.3) is 0 Å². The minimum absolute atomic E-state index is 0.114. The van der Waals surface area contributed by atoms with E-state index >= 15 is 0 Å². The quantitative estimate of drug-likeness (QED) is 0.554. The molecule has 0 aliphatic carbocycles. The molecule has 1 aliphatic rings. The highest BCUT2D eigenvalue weighted by Gasteiger charge is 2.42. The summed E-state index contributed by atoms with van der Waals surface area (Å²) in [5.41, 5.74) is -0.640. The van der Waals surface area contributed by atoms with Gasteiger partial charge in [0.25, 0.3) is 0 Å². The number of allylic oxidation sites excluding steroid dienone is 1. The number of carbonyl (C=O) groups is 3. The molecule has 1 saturated heterocycles. The first-order valence-corrected chi connectivity index (χ1v) is 7.90. The van der Waals surface area contributed by atoms with Crippen molar-refractivity contribution in [2.75, 3.05) is 13.2 Å². The Hall–Kier alpha value is -1.85. The second-order valence-electron chi connectivity index (χ2n) is 7.04. The van der Waals surface area contributed by atoms with Gasteiger partial charge in [0.2, 0.25) is 5.91 Å². The average Bonchev–Trinajstić information content (AvgIpc) is 2.81. The van der Waals surface area contributed by atoms with Crippen LogP contribution in [0.4, 0.5) is 4.79 Å². The Kier molecular flexibility index (Phi) is 6.36. The Morgan fingerprint density at radius 2 is 2.00 bits per heavy atom. The van der Waals surface area contributed by atoms with E-state index in [1.54, 1.807) is 26.8 Å². The molecule has 0 radical (unpaired) electrons. The highest BCUT2D eigenvalue weighted by Crippen LogP contribution is 2.30. The zero-order chi connectivity index (χ0) is 17.8. The number of ether oxygens (including phenoxy) is 2. The number of imide groups is 1. The Balaban J connectivity index is 3.06. The zero-order valence-corrected chi connectivity index (χ0v) is 14.6. The third-order valence-corrected chi connectivity index (χ3v) is 3.60. The van der Waals surface area contributed by atoms with Gasteiger partial charge in [-0.1, -0.05) is 19.9 Å². The molecule has 1 fully saturated rings. The predicted molar refractivity (Wildman–Crippen MR) is 85.5 cm³/mol. The molecule has 0 aromatic heterocycles. The monoisotopic (exact) mass is 325 g/mol. The number of esters is 1. The summed E-state index contributed by atoms with van der Waals surface area (Å²) in [6, 6.07) is 0. The number of cyclic esters (lactones) is 1. The molecule has 0 unspecified atom stereocenters. The maximum absolute atomic E-state index is 12.7. The van der Waals surface area contributed by atoms with Crippen molar-refractivity contribution in [1.29, 1.82) is 0 Å². The van der Waals surface area contributed by atoms with E-state index in [4.69, 9.17) is 9.47 Å². The maximum atomic E-state index is 12.7. The van der Waals surface area contributed by atoms with E-state index in [1.807, 2.05) is 13.8 Å². The van der Waals surface area contributed by atoms with Crippen molar-refractivity contribution in [3.8, 4) is 0 Å². The summed E-state index contributed by atoms with van der Waals surface area (Å²) in [5, 5.41) is 0. The van der Waals surface area contributed by atoms with Crippen LogP contribution in [-0.2, 0) is 19.1 Å². The van der Waals surface area contributed by atoms with Crippen molar-refractivity contribution in [2.24, 2.45) is 17.8 Å². The SMILES string of the molecule is C=CC[C@H](C(=O)N1CCOC1=O)[C@H](C(=O)OC(C)(C)C)C(C)C. The van der Waals surface area contributed by atoms with Crippen LogP contribution in [0.15, 0.2) is 12.7 Å². The molecule has 1 aliphatic heterocycles. The van der Waals surface area contributed by atoms with E-state index in [0.717, 1.165) is 4.90 Å². The van der Waals surface area contributed by atoms with Crippen LogP contribution in [0.2, 0.25) is 0 Å². The molecular formula is C17H27NO5. The lowest BCUT2D eigenvalue weighted by molar-refractivity contribution is -0.166. The van der Waals surface area contributed by atoms with E-state index in [9.17, 15) is 14.4 Å². The molecule has 0 saturated carbocycles. The van der Waals surface area contributed by atoms with Crippen molar-refractivity contribution in [3.63, 3.8) is 0 Å². The van der Waals surface area contributed by atoms with E-state index in [1.165, 1.54) is 0 Å². The zero-order valence-electron chi connectivity index (χ0n) is 14.6. The topological polar surface area (TPSA) is 72.9 Å². The van der Waals surface area contributed by atoms with Gasteiger partial charge in [0.1, 0.15) is 12.2 Å². The summed E-state index contributed by atoms with van der Waals surface area (Å²) in [6.45, 7) is 13.1. The van der Waals surface area contributed by atoms with E-state index < -0.39 is 35.4 Å². The molecule has 2 amide bonds. The fraction of sp³-hybridized carbons (Fsp3) is 0.706. The van der Waals surface area contributed by atoms with Crippen molar-refractivity contribution in [1.82, 2.24) is 4.90 Å². The van der Waals surface area contributed by atoms with Gasteiger partial charge in [0, 0.05) is 0 Å². The van der Waals surface area contributed by atoms with Gasteiger partial charge in [-0.2, -0.15) is 0 Å². The maximum Gasteiger partial charge on any atom is 0.416 e. The second kappa shape index (κ2) is 7.62. The number of hydrogen-bond acceptors (Lipinski definition) is 5. The first-order chi connectivity index (χ1) is 10.6. The molecule has 130 valence electrons. The molecule has 1 rings (SSSR count). The van der Waals surface area contributed by atoms with Crippen LogP contribution in [0, 0.1) is 17.8 Å². The van der Waals surface area contributed by atoms with Crippen LogP contribution in [0.5, 0.6) is 0 Å². The largest absolute Gasteiger partial charge is 0.460 e. The van der Waals surface area contributed by atoms with Crippen LogP contribution >= 0.6 is 0 Å². The summed E-state index contributed by atoms with van der Waals surface area (Å²) in [5.74, 6) is -2.28. The van der Waals surface area contributed by atoms with Gasteiger partial charge in [-0.3, -0.25) is 9.59 Å². The van der Waals surface area contributed by atoms with E-state index in [0.29, 0.717) is 6.42 Å². The van der Waals surface area contributed by atoms with Gasteiger partial charge in [-0.25, -0.2) is 9.69 Å². The lowest BCUT2D eigenvalue weighted by Crippen LogP contribution is -2.44. The van der Waals surface area contributed by atoms with Crippen LogP contribution in [0.1, 0.15) is 41.0 Å².